The van der Waals surface area contributed by atoms with Gasteiger partial charge in [-0.15, -0.1) is 0 Å². The number of nitrogens with one attached hydrogen (secondary N) is 2. The van der Waals surface area contributed by atoms with Crippen LogP contribution in [-0.2, 0) is 20.3 Å². The van der Waals surface area contributed by atoms with Gasteiger partial charge < -0.3 is 15.4 Å². The van der Waals surface area contributed by atoms with Gasteiger partial charge in [0, 0.05) is 29.4 Å². The standard InChI is InChI=1S/C11H22N2O3S/c1-17(15)8-2-5-13-11(14)9-16-10-3-6-12-7-4-10/h10,12H,2-9H2,1H3,(H,13,14). The van der Waals surface area contributed by atoms with Gasteiger partial charge in [-0.1, -0.05) is 0 Å². The highest BCUT2D eigenvalue weighted by Crippen LogP contribution is 2.06. The molecule has 17 heavy (non-hydrogen) atoms. The van der Waals surface area contributed by atoms with Gasteiger partial charge in [0.05, 0.1) is 6.10 Å². The summed E-state index contributed by atoms with van der Waals surface area (Å²) in [7, 11) is -0.777. The highest BCUT2D eigenvalue weighted by Gasteiger charge is 2.14. The van der Waals surface area contributed by atoms with E-state index < -0.39 is 10.8 Å². The molecule has 1 unspecified atom stereocenters. The van der Waals surface area contributed by atoms with Crippen molar-refractivity contribution in [3.63, 3.8) is 0 Å². The van der Waals surface area contributed by atoms with E-state index in [1.165, 1.54) is 0 Å². The highest BCUT2D eigenvalue weighted by molar-refractivity contribution is 7.84. The maximum absolute atomic E-state index is 11.4. The Morgan fingerprint density at radius 2 is 2.18 bits per heavy atom. The van der Waals surface area contributed by atoms with Crippen molar-refractivity contribution in [3.05, 3.63) is 0 Å². The lowest BCUT2D eigenvalue weighted by Gasteiger charge is -2.22. The first-order valence-electron chi connectivity index (χ1n) is 6.07. The third kappa shape index (κ3) is 7.46. The molecule has 0 aromatic rings. The minimum absolute atomic E-state index is 0.0783. The predicted octanol–water partition coefficient (Wildman–Crippen LogP) is -0.360. The molecule has 1 amide bonds. The van der Waals surface area contributed by atoms with Crippen molar-refractivity contribution in [3.8, 4) is 0 Å². The molecule has 0 aromatic heterocycles. The fourth-order valence-electron chi connectivity index (χ4n) is 1.71. The predicted molar refractivity (Wildman–Crippen MR) is 68.4 cm³/mol. The van der Waals surface area contributed by atoms with Crippen LogP contribution in [0, 0.1) is 0 Å². The van der Waals surface area contributed by atoms with Gasteiger partial charge in [-0.25, -0.2) is 0 Å². The van der Waals surface area contributed by atoms with E-state index >= 15 is 0 Å². The summed E-state index contributed by atoms with van der Waals surface area (Å²) in [4.78, 5) is 11.4. The van der Waals surface area contributed by atoms with Gasteiger partial charge in [-0.2, -0.15) is 0 Å². The van der Waals surface area contributed by atoms with Crippen LogP contribution in [0.3, 0.4) is 0 Å². The molecule has 2 N–H and O–H groups in total. The van der Waals surface area contributed by atoms with Gasteiger partial charge in [0.1, 0.15) is 6.61 Å². The summed E-state index contributed by atoms with van der Waals surface area (Å²) in [5.41, 5.74) is 0. The smallest absolute Gasteiger partial charge is 0.246 e. The minimum Gasteiger partial charge on any atom is -0.368 e. The van der Waals surface area contributed by atoms with E-state index in [-0.39, 0.29) is 18.6 Å². The van der Waals surface area contributed by atoms with Crippen LogP contribution in [0.25, 0.3) is 0 Å². The Bertz CT molecular complexity index is 255. The molecule has 0 bridgehead atoms. The summed E-state index contributed by atoms with van der Waals surface area (Å²) in [5, 5.41) is 6.01. The average Bonchev–Trinajstić information content (AvgIpc) is 2.33. The Morgan fingerprint density at radius 1 is 1.47 bits per heavy atom. The SMILES string of the molecule is CS(=O)CCCNC(=O)COC1CCNCC1. The van der Waals surface area contributed by atoms with E-state index in [2.05, 4.69) is 10.6 Å². The number of rotatable bonds is 7. The molecule has 5 nitrogen and oxygen atoms in total. The van der Waals surface area contributed by atoms with Crippen molar-refractivity contribution >= 4 is 16.7 Å². The van der Waals surface area contributed by atoms with E-state index in [0.29, 0.717) is 12.3 Å². The zero-order chi connectivity index (χ0) is 12.5. The average molecular weight is 262 g/mol. The second kappa shape index (κ2) is 8.60. The molecule has 1 rings (SSSR count). The Kier molecular flexibility index (Phi) is 7.39. The zero-order valence-corrected chi connectivity index (χ0v) is 11.2. The maximum atomic E-state index is 11.4. The number of carbonyl (C=O) groups is 1. The van der Waals surface area contributed by atoms with Gasteiger partial charge in [-0.3, -0.25) is 9.00 Å². The number of hydrogen-bond acceptors (Lipinski definition) is 4. The quantitative estimate of drug-likeness (QED) is 0.615. The molecule has 0 radical (unpaired) electrons. The van der Waals surface area contributed by atoms with E-state index in [4.69, 9.17) is 4.74 Å². The van der Waals surface area contributed by atoms with Crippen LogP contribution in [-0.4, -0.2) is 54.5 Å². The molecule has 6 heteroatoms. The highest BCUT2D eigenvalue weighted by atomic mass is 32.2. The summed E-state index contributed by atoms with van der Waals surface area (Å²) < 4.78 is 16.3. The maximum Gasteiger partial charge on any atom is 0.246 e. The number of hydrogen-bond donors (Lipinski definition) is 2. The molecular weight excluding hydrogens is 240 g/mol. The van der Waals surface area contributed by atoms with E-state index in [0.717, 1.165) is 32.4 Å². The van der Waals surface area contributed by atoms with Crippen LogP contribution in [0.15, 0.2) is 0 Å². The summed E-state index contributed by atoms with van der Waals surface area (Å²) >= 11 is 0. The lowest BCUT2D eigenvalue weighted by Crippen LogP contribution is -2.36. The molecule has 1 heterocycles. The van der Waals surface area contributed by atoms with Crippen molar-refractivity contribution in [2.75, 3.05) is 38.2 Å². The number of piperidine rings is 1. The monoisotopic (exact) mass is 262 g/mol. The fraction of sp³-hybridized carbons (Fsp3) is 0.909. The Balaban J connectivity index is 1.98. The lowest BCUT2D eigenvalue weighted by atomic mass is 10.1. The molecule has 100 valence electrons. The first-order valence-corrected chi connectivity index (χ1v) is 7.80. The number of ether oxygens (including phenoxy) is 1. The summed E-state index contributed by atoms with van der Waals surface area (Å²) in [6.45, 7) is 2.65. The lowest BCUT2D eigenvalue weighted by molar-refractivity contribution is -0.128. The molecule has 0 aromatic carbocycles. The first kappa shape index (κ1) is 14.6. The molecule has 0 saturated carbocycles. The second-order valence-corrected chi connectivity index (χ2v) is 5.80. The van der Waals surface area contributed by atoms with Crippen molar-refractivity contribution < 1.29 is 13.7 Å². The van der Waals surface area contributed by atoms with E-state index in [1.807, 2.05) is 0 Å². The largest absolute Gasteiger partial charge is 0.368 e. The van der Waals surface area contributed by atoms with Crippen molar-refractivity contribution in [2.24, 2.45) is 0 Å². The van der Waals surface area contributed by atoms with Gasteiger partial charge >= 0.3 is 0 Å². The van der Waals surface area contributed by atoms with Crippen LogP contribution in [0.5, 0.6) is 0 Å². The van der Waals surface area contributed by atoms with Crippen LogP contribution in [0.2, 0.25) is 0 Å². The molecule has 1 aliphatic rings. The Hall–Kier alpha value is -0.460. The second-order valence-electron chi connectivity index (χ2n) is 4.24. The summed E-state index contributed by atoms with van der Waals surface area (Å²) in [5.74, 6) is 0.556. The molecule has 1 saturated heterocycles. The number of amides is 1. The van der Waals surface area contributed by atoms with Gasteiger partial charge in [0.25, 0.3) is 0 Å². The third-order valence-electron chi connectivity index (χ3n) is 2.67. The fourth-order valence-corrected chi connectivity index (χ4v) is 2.26. The van der Waals surface area contributed by atoms with Crippen molar-refractivity contribution in [1.29, 1.82) is 0 Å². The zero-order valence-electron chi connectivity index (χ0n) is 10.4. The number of carbonyl (C=O) groups excluding carboxylic acids is 1. The first-order chi connectivity index (χ1) is 8.18. The van der Waals surface area contributed by atoms with E-state index in [9.17, 15) is 9.00 Å². The molecule has 1 aliphatic heterocycles. The van der Waals surface area contributed by atoms with Crippen molar-refractivity contribution in [1.82, 2.24) is 10.6 Å². The normalized spacial score (nSPS) is 18.9. The third-order valence-corrected chi connectivity index (χ3v) is 3.53. The Labute approximate surface area is 105 Å². The van der Waals surface area contributed by atoms with Crippen LogP contribution in [0.1, 0.15) is 19.3 Å². The topological polar surface area (TPSA) is 67.4 Å². The molecule has 1 fully saturated rings. The Morgan fingerprint density at radius 3 is 2.82 bits per heavy atom. The summed E-state index contributed by atoms with van der Waals surface area (Å²) in [6, 6.07) is 0. The minimum atomic E-state index is -0.777. The van der Waals surface area contributed by atoms with Gasteiger partial charge in [-0.05, 0) is 32.4 Å². The van der Waals surface area contributed by atoms with Crippen LogP contribution < -0.4 is 10.6 Å². The molecular formula is C11H22N2O3S. The molecule has 1 atom stereocenters. The van der Waals surface area contributed by atoms with Gasteiger partial charge in [0.15, 0.2) is 0 Å². The van der Waals surface area contributed by atoms with Crippen LogP contribution >= 0.6 is 0 Å². The van der Waals surface area contributed by atoms with Crippen molar-refractivity contribution in [2.45, 2.75) is 25.4 Å². The van der Waals surface area contributed by atoms with Gasteiger partial charge in [0.2, 0.25) is 5.91 Å². The van der Waals surface area contributed by atoms with Crippen LogP contribution in [0.4, 0.5) is 0 Å². The van der Waals surface area contributed by atoms with E-state index in [1.54, 1.807) is 6.26 Å². The molecule has 0 spiro atoms. The molecule has 0 aliphatic carbocycles. The summed E-state index contributed by atoms with van der Waals surface area (Å²) in [6.07, 6.45) is 4.58.